The number of halogens is 1. The third kappa shape index (κ3) is 7.48. The first kappa shape index (κ1) is 21.6. The molecule has 0 heterocycles. The van der Waals surface area contributed by atoms with Crippen molar-refractivity contribution in [1.29, 1.82) is 0 Å². The highest BCUT2D eigenvalue weighted by atomic mass is 35.5. The average Bonchev–Trinajstić information content (AvgIpc) is 2.70. The molecule has 2 aromatic rings. The number of hydrazone groups is 1. The Kier molecular flexibility index (Phi) is 9.15. The maximum Gasteiger partial charge on any atom is 0.277 e. The molecule has 0 aliphatic heterocycles. The molecule has 0 saturated carbocycles. The maximum absolute atomic E-state index is 11.9. The van der Waals surface area contributed by atoms with Gasteiger partial charge in [-0.2, -0.15) is 5.10 Å². The second-order valence-corrected chi connectivity index (χ2v) is 6.37. The number of hydrogen-bond acceptors (Lipinski definition) is 5. The van der Waals surface area contributed by atoms with Crippen LogP contribution < -0.4 is 19.6 Å². The van der Waals surface area contributed by atoms with Crippen LogP contribution in [0, 0.1) is 0 Å². The summed E-state index contributed by atoms with van der Waals surface area (Å²) in [5, 5.41) is 4.52. The zero-order valence-corrected chi connectivity index (χ0v) is 16.9. The van der Waals surface area contributed by atoms with Crippen molar-refractivity contribution in [2.45, 2.75) is 26.7 Å². The van der Waals surface area contributed by atoms with Gasteiger partial charge in [0.2, 0.25) is 0 Å². The van der Waals surface area contributed by atoms with Gasteiger partial charge >= 0.3 is 0 Å². The second-order valence-electron chi connectivity index (χ2n) is 5.94. The molecule has 7 heteroatoms. The molecule has 2 aromatic carbocycles. The Morgan fingerprint density at radius 1 is 1.04 bits per heavy atom. The smallest absolute Gasteiger partial charge is 0.277 e. The Bertz CT molecular complexity index is 796. The third-order valence-electron chi connectivity index (χ3n) is 3.48. The molecule has 0 spiro atoms. The molecule has 0 aliphatic rings. The van der Waals surface area contributed by atoms with Gasteiger partial charge in [0, 0.05) is 16.7 Å². The molecule has 0 atom stereocenters. The van der Waals surface area contributed by atoms with E-state index in [0.717, 1.165) is 24.2 Å². The molecule has 6 nitrogen and oxygen atoms in total. The first-order chi connectivity index (χ1) is 13.6. The van der Waals surface area contributed by atoms with Gasteiger partial charge < -0.3 is 14.2 Å². The van der Waals surface area contributed by atoms with Gasteiger partial charge in [0.25, 0.3) is 5.91 Å². The lowest BCUT2D eigenvalue weighted by atomic mass is 10.2. The number of hydrogen-bond donors (Lipinski definition) is 1. The van der Waals surface area contributed by atoms with Crippen molar-refractivity contribution in [3.8, 4) is 17.2 Å². The summed E-state index contributed by atoms with van der Waals surface area (Å²) in [6.07, 6.45) is 3.34. The molecule has 150 valence electrons. The minimum absolute atomic E-state index is 0.166. The minimum atomic E-state index is -0.379. The minimum Gasteiger partial charge on any atom is -0.493 e. The van der Waals surface area contributed by atoms with Crippen LogP contribution in [0.15, 0.2) is 47.6 Å². The number of carbonyl (C=O) groups is 1. The molecule has 1 amide bonds. The van der Waals surface area contributed by atoms with Gasteiger partial charge in [-0.3, -0.25) is 4.79 Å². The van der Waals surface area contributed by atoms with Crippen molar-refractivity contribution in [1.82, 2.24) is 5.43 Å². The molecule has 0 saturated heterocycles. The first-order valence-corrected chi connectivity index (χ1v) is 9.60. The van der Waals surface area contributed by atoms with Gasteiger partial charge in [0.15, 0.2) is 6.61 Å². The summed E-state index contributed by atoms with van der Waals surface area (Å²) in [5.41, 5.74) is 3.18. The van der Waals surface area contributed by atoms with Crippen molar-refractivity contribution in [2.24, 2.45) is 5.10 Å². The fourth-order valence-corrected chi connectivity index (χ4v) is 2.36. The molecule has 0 aromatic heterocycles. The van der Waals surface area contributed by atoms with Crippen LogP contribution in [0.1, 0.15) is 32.3 Å². The highest BCUT2D eigenvalue weighted by molar-refractivity contribution is 6.30. The predicted octanol–water partition coefficient (Wildman–Crippen LogP) is 4.45. The Morgan fingerprint density at radius 3 is 2.54 bits per heavy atom. The van der Waals surface area contributed by atoms with Crippen LogP contribution >= 0.6 is 11.6 Å². The van der Waals surface area contributed by atoms with E-state index in [9.17, 15) is 4.79 Å². The number of amides is 1. The van der Waals surface area contributed by atoms with E-state index in [1.54, 1.807) is 24.3 Å². The van der Waals surface area contributed by atoms with E-state index < -0.39 is 0 Å². The summed E-state index contributed by atoms with van der Waals surface area (Å²) >= 11 is 5.88. The number of rotatable bonds is 11. The van der Waals surface area contributed by atoms with Crippen LogP contribution in [0.4, 0.5) is 0 Å². The summed E-state index contributed by atoms with van der Waals surface area (Å²) in [4.78, 5) is 11.9. The van der Waals surface area contributed by atoms with Crippen molar-refractivity contribution in [2.75, 3.05) is 19.8 Å². The molecule has 0 bridgehead atoms. The van der Waals surface area contributed by atoms with Crippen LogP contribution in [0.2, 0.25) is 5.02 Å². The normalized spacial score (nSPS) is 10.7. The zero-order valence-electron chi connectivity index (χ0n) is 16.1. The molecule has 2 rings (SSSR count). The third-order valence-corrected chi connectivity index (χ3v) is 3.71. The molecule has 1 N–H and O–H groups in total. The number of nitrogens with one attached hydrogen (secondary N) is 1. The molecular formula is C21H25ClN2O4. The average molecular weight is 405 g/mol. The van der Waals surface area contributed by atoms with Crippen LogP contribution in [0.3, 0.4) is 0 Å². The Morgan fingerprint density at radius 2 is 1.79 bits per heavy atom. The number of nitrogens with zero attached hydrogens (tertiary/aromatic N) is 1. The maximum atomic E-state index is 11.9. The molecule has 0 fully saturated rings. The van der Waals surface area contributed by atoms with Crippen molar-refractivity contribution in [3.05, 3.63) is 53.1 Å². The fraction of sp³-hybridized carbons (Fsp3) is 0.333. The van der Waals surface area contributed by atoms with Gasteiger partial charge in [-0.15, -0.1) is 0 Å². The Labute approximate surface area is 170 Å². The van der Waals surface area contributed by atoms with Crippen molar-refractivity contribution < 1.29 is 19.0 Å². The van der Waals surface area contributed by atoms with E-state index in [1.165, 1.54) is 6.21 Å². The Balaban J connectivity index is 1.92. The Hall–Kier alpha value is -2.73. The van der Waals surface area contributed by atoms with Crippen LogP contribution in [-0.2, 0) is 4.79 Å². The van der Waals surface area contributed by atoms with E-state index in [4.69, 9.17) is 25.8 Å². The van der Waals surface area contributed by atoms with Crippen LogP contribution in [0.5, 0.6) is 17.2 Å². The quantitative estimate of drug-likeness (QED) is 0.444. The van der Waals surface area contributed by atoms with Gasteiger partial charge in [-0.1, -0.05) is 31.5 Å². The largest absolute Gasteiger partial charge is 0.493 e. The number of benzene rings is 2. The fourth-order valence-electron chi connectivity index (χ4n) is 2.18. The highest BCUT2D eigenvalue weighted by Crippen LogP contribution is 2.24. The monoisotopic (exact) mass is 404 g/mol. The van der Waals surface area contributed by atoms with Crippen molar-refractivity contribution >= 4 is 23.7 Å². The number of ether oxygens (including phenoxy) is 3. The summed E-state index contributed by atoms with van der Waals surface area (Å²) in [6.45, 7) is 5.14. The molecular weight excluding hydrogens is 380 g/mol. The van der Waals surface area contributed by atoms with Crippen LogP contribution in [-0.4, -0.2) is 31.9 Å². The topological polar surface area (TPSA) is 69.2 Å². The zero-order chi connectivity index (χ0) is 20.2. The highest BCUT2D eigenvalue weighted by Gasteiger charge is 2.06. The standard InChI is InChI=1S/C21H25ClN2O4/c1-3-10-26-19-9-8-16(20(13-19)27-11-4-2)14-23-24-21(25)15-28-18-7-5-6-17(22)12-18/h5-9,12-14H,3-4,10-11,15H2,1-2H3,(H,24,25)/b23-14+. The molecule has 0 unspecified atom stereocenters. The number of carbonyl (C=O) groups excluding carboxylic acids is 1. The van der Waals surface area contributed by atoms with E-state index in [1.807, 2.05) is 32.0 Å². The molecule has 0 aliphatic carbocycles. The molecule has 0 radical (unpaired) electrons. The summed E-state index contributed by atoms with van der Waals surface area (Å²) < 4.78 is 16.8. The molecule has 28 heavy (non-hydrogen) atoms. The van der Waals surface area contributed by atoms with Crippen molar-refractivity contribution in [3.63, 3.8) is 0 Å². The predicted molar refractivity (Wildman–Crippen MR) is 111 cm³/mol. The van der Waals surface area contributed by atoms with Gasteiger partial charge in [0.05, 0.1) is 19.4 Å². The summed E-state index contributed by atoms with van der Waals surface area (Å²) in [5.74, 6) is 1.53. The SMILES string of the molecule is CCCOc1ccc(/C=N/NC(=O)COc2cccc(Cl)c2)c(OCCC)c1. The first-order valence-electron chi connectivity index (χ1n) is 9.22. The van der Waals surface area contributed by atoms with E-state index in [-0.39, 0.29) is 12.5 Å². The van der Waals surface area contributed by atoms with Crippen LogP contribution in [0.25, 0.3) is 0 Å². The van der Waals surface area contributed by atoms with E-state index >= 15 is 0 Å². The van der Waals surface area contributed by atoms with Gasteiger partial charge in [-0.25, -0.2) is 5.43 Å². The second kappa shape index (κ2) is 11.9. The van der Waals surface area contributed by atoms with E-state index in [2.05, 4.69) is 10.5 Å². The lowest BCUT2D eigenvalue weighted by Gasteiger charge is -2.11. The van der Waals surface area contributed by atoms with E-state index in [0.29, 0.717) is 29.7 Å². The lowest BCUT2D eigenvalue weighted by Crippen LogP contribution is -2.24. The summed E-state index contributed by atoms with van der Waals surface area (Å²) in [7, 11) is 0. The van der Waals surface area contributed by atoms with Gasteiger partial charge in [-0.05, 0) is 43.2 Å². The van der Waals surface area contributed by atoms with Gasteiger partial charge in [0.1, 0.15) is 17.2 Å². The summed E-state index contributed by atoms with van der Waals surface area (Å²) in [6, 6.07) is 12.4. The lowest BCUT2D eigenvalue weighted by molar-refractivity contribution is -0.123.